The molecule has 0 atom stereocenters. The van der Waals surface area contributed by atoms with Crippen LogP contribution in [0.5, 0.6) is 0 Å². The summed E-state index contributed by atoms with van der Waals surface area (Å²) in [6, 6.07) is 7.85. The molecule has 0 fully saturated rings. The van der Waals surface area contributed by atoms with E-state index in [0.717, 1.165) is 17.8 Å². The molecule has 3 heterocycles. The monoisotopic (exact) mass is 268 g/mol. The molecule has 3 aromatic heterocycles. The van der Waals surface area contributed by atoms with Gasteiger partial charge < -0.3 is 5.32 Å². The van der Waals surface area contributed by atoms with Gasteiger partial charge in [-0.25, -0.2) is 9.97 Å². The van der Waals surface area contributed by atoms with Crippen LogP contribution in [0.25, 0.3) is 11.3 Å². The topological polar surface area (TPSA) is 50.7 Å². The maximum Gasteiger partial charge on any atom is 0.223 e. The van der Waals surface area contributed by atoms with Gasteiger partial charge >= 0.3 is 0 Å². The lowest BCUT2D eigenvalue weighted by molar-refractivity contribution is 1.06. The van der Waals surface area contributed by atoms with Crippen LogP contribution in [0.4, 0.5) is 5.95 Å². The minimum Gasteiger partial charge on any atom is -0.350 e. The lowest BCUT2D eigenvalue weighted by Gasteiger charge is -2.05. The van der Waals surface area contributed by atoms with E-state index < -0.39 is 0 Å². The first-order valence-corrected chi connectivity index (χ1v) is 6.84. The highest BCUT2D eigenvalue weighted by Crippen LogP contribution is 2.16. The van der Waals surface area contributed by atoms with Crippen molar-refractivity contribution in [2.75, 3.05) is 5.32 Å². The van der Waals surface area contributed by atoms with Crippen LogP contribution in [0.1, 0.15) is 5.56 Å². The summed E-state index contributed by atoms with van der Waals surface area (Å²) in [6.45, 7) is 0.736. The number of thiophene rings is 1. The molecule has 0 saturated carbocycles. The Morgan fingerprint density at radius 3 is 2.95 bits per heavy atom. The zero-order valence-corrected chi connectivity index (χ0v) is 11.0. The Balaban J connectivity index is 1.77. The van der Waals surface area contributed by atoms with Crippen molar-refractivity contribution in [1.29, 1.82) is 0 Å². The Hall–Kier alpha value is -2.27. The van der Waals surface area contributed by atoms with Crippen molar-refractivity contribution in [3.63, 3.8) is 0 Å². The van der Waals surface area contributed by atoms with E-state index in [9.17, 15) is 0 Å². The van der Waals surface area contributed by atoms with Crippen molar-refractivity contribution in [3.8, 4) is 11.3 Å². The largest absolute Gasteiger partial charge is 0.350 e. The summed E-state index contributed by atoms with van der Waals surface area (Å²) in [5.74, 6) is 0.632. The Morgan fingerprint density at radius 2 is 2.16 bits per heavy atom. The quantitative estimate of drug-likeness (QED) is 0.789. The van der Waals surface area contributed by atoms with Crippen molar-refractivity contribution < 1.29 is 0 Å². The average molecular weight is 268 g/mol. The normalized spacial score (nSPS) is 10.3. The van der Waals surface area contributed by atoms with E-state index >= 15 is 0 Å². The molecule has 0 spiro atoms. The van der Waals surface area contributed by atoms with Crippen LogP contribution in [0.2, 0.25) is 0 Å². The number of anilines is 1. The fraction of sp³-hybridized carbons (Fsp3) is 0.0714. The van der Waals surface area contributed by atoms with Crippen LogP contribution in [0.3, 0.4) is 0 Å². The molecule has 1 N–H and O–H groups in total. The molecular weight excluding hydrogens is 256 g/mol. The Morgan fingerprint density at radius 1 is 1.16 bits per heavy atom. The van der Waals surface area contributed by atoms with Gasteiger partial charge in [0, 0.05) is 30.7 Å². The van der Waals surface area contributed by atoms with E-state index in [1.165, 1.54) is 5.56 Å². The summed E-state index contributed by atoms with van der Waals surface area (Å²) in [7, 11) is 0. The Bertz CT molecular complexity index is 638. The molecule has 0 unspecified atom stereocenters. The fourth-order valence-electron chi connectivity index (χ4n) is 1.69. The zero-order valence-electron chi connectivity index (χ0n) is 10.2. The van der Waals surface area contributed by atoms with Crippen LogP contribution < -0.4 is 5.32 Å². The van der Waals surface area contributed by atoms with E-state index in [1.54, 1.807) is 29.9 Å². The molecule has 0 aliphatic carbocycles. The molecule has 94 valence electrons. The molecule has 3 rings (SSSR count). The van der Waals surface area contributed by atoms with Crippen LogP contribution in [0, 0.1) is 0 Å². The Kier molecular flexibility index (Phi) is 3.47. The number of rotatable bonds is 4. The summed E-state index contributed by atoms with van der Waals surface area (Å²) >= 11 is 1.69. The van der Waals surface area contributed by atoms with E-state index in [1.807, 2.05) is 18.2 Å². The smallest absolute Gasteiger partial charge is 0.223 e. The van der Waals surface area contributed by atoms with E-state index in [2.05, 4.69) is 37.1 Å². The zero-order chi connectivity index (χ0) is 12.9. The van der Waals surface area contributed by atoms with Crippen LogP contribution in [-0.2, 0) is 6.54 Å². The van der Waals surface area contributed by atoms with Gasteiger partial charge in [-0.2, -0.15) is 11.3 Å². The molecule has 0 aromatic carbocycles. The highest BCUT2D eigenvalue weighted by atomic mass is 32.1. The standard InChI is InChI=1S/C14H12N4S/c1-2-12(9-15-5-1)13-3-6-16-14(18-13)17-8-11-4-7-19-10-11/h1-7,9-10H,8H2,(H,16,17,18). The average Bonchev–Trinajstić information content (AvgIpc) is 3.00. The summed E-state index contributed by atoms with van der Waals surface area (Å²) in [5.41, 5.74) is 3.10. The lowest BCUT2D eigenvalue weighted by atomic mass is 10.2. The fourth-order valence-corrected chi connectivity index (χ4v) is 2.36. The minimum absolute atomic E-state index is 0.632. The van der Waals surface area contributed by atoms with E-state index in [-0.39, 0.29) is 0 Å². The summed E-state index contributed by atoms with van der Waals surface area (Å²) in [5, 5.41) is 7.39. The number of nitrogens with one attached hydrogen (secondary N) is 1. The molecular formula is C14H12N4S. The van der Waals surface area contributed by atoms with E-state index in [4.69, 9.17) is 0 Å². The van der Waals surface area contributed by atoms with Crippen molar-refractivity contribution in [1.82, 2.24) is 15.0 Å². The number of aromatic nitrogens is 3. The van der Waals surface area contributed by atoms with Gasteiger partial charge in [-0.1, -0.05) is 0 Å². The second-order valence-corrected chi connectivity index (χ2v) is 4.77. The first-order chi connectivity index (χ1) is 9.42. The van der Waals surface area contributed by atoms with Crippen molar-refractivity contribution >= 4 is 17.3 Å². The van der Waals surface area contributed by atoms with Gasteiger partial charge in [0.2, 0.25) is 5.95 Å². The number of hydrogen-bond donors (Lipinski definition) is 1. The van der Waals surface area contributed by atoms with Gasteiger partial charge in [0.25, 0.3) is 0 Å². The number of nitrogens with zero attached hydrogens (tertiary/aromatic N) is 3. The van der Waals surface area contributed by atoms with Crippen molar-refractivity contribution in [3.05, 3.63) is 59.2 Å². The van der Waals surface area contributed by atoms with Gasteiger partial charge in [0.1, 0.15) is 0 Å². The van der Waals surface area contributed by atoms with Crippen LogP contribution >= 0.6 is 11.3 Å². The molecule has 5 heteroatoms. The molecule has 0 bridgehead atoms. The second kappa shape index (κ2) is 5.58. The van der Waals surface area contributed by atoms with Gasteiger partial charge in [0.15, 0.2) is 0 Å². The lowest BCUT2D eigenvalue weighted by Crippen LogP contribution is -2.03. The molecule has 0 saturated heterocycles. The molecule has 3 aromatic rings. The van der Waals surface area contributed by atoms with Gasteiger partial charge in [-0.3, -0.25) is 4.98 Å². The molecule has 0 radical (unpaired) electrons. The van der Waals surface area contributed by atoms with E-state index in [0.29, 0.717) is 5.95 Å². The number of hydrogen-bond acceptors (Lipinski definition) is 5. The third kappa shape index (κ3) is 2.95. The molecule has 4 nitrogen and oxygen atoms in total. The first kappa shape index (κ1) is 11.8. The Labute approximate surface area is 115 Å². The molecule has 0 aliphatic rings. The highest BCUT2D eigenvalue weighted by molar-refractivity contribution is 7.07. The number of pyridine rings is 1. The van der Waals surface area contributed by atoms with Crippen LogP contribution in [0.15, 0.2) is 53.6 Å². The maximum absolute atomic E-state index is 4.48. The van der Waals surface area contributed by atoms with Gasteiger partial charge in [-0.15, -0.1) is 0 Å². The minimum atomic E-state index is 0.632. The predicted octanol–water partition coefficient (Wildman–Crippen LogP) is 3.21. The van der Waals surface area contributed by atoms with Gasteiger partial charge in [0.05, 0.1) is 5.69 Å². The van der Waals surface area contributed by atoms with Gasteiger partial charge in [-0.05, 0) is 40.6 Å². The molecule has 0 aliphatic heterocycles. The SMILES string of the molecule is c1cncc(-c2ccnc(NCc3ccsc3)n2)c1. The predicted molar refractivity (Wildman–Crippen MR) is 76.9 cm³/mol. The third-order valence-corrected chi connectivity index (χ3v) is 3.38. The van der Waals surface area contributed by atoms with Crippen molar-refractivity contribution in [2.45, 2.75) is 6.54 Å². The molecule has 19 heavy (non-hydrogen) atoms. The summed E-state index contributed by atoms with van der Waals surface area (Å²) in [4.78, 5) is 12.8. The molecule has 0 amide bonds. The summed E-state index contributed by atoms with van der Waals surface area (Å²) in [6.07, 6.45) is 5.30. The van der Waals surface area contributed by atoms with Crippen LogP contribution in [-0.4, -0.2) is 15.0 Å². The maximum atomic E-state index is 4.48. The van der Waals surface area contributed by atoms with Crippen molar-refractivity contribution in [2.24, 2.45) is 0 Å². The second-order valence-electron chi connectivity index (χ2n) is 3.99. The third-order valence-electron chi connectivity index (χ3n) is 2.64. The first-order valence-electron chi connectivity index (χ1n) is 5.90. The summed E-state index contributed by atoms with van der Waals surface area (Å²) < 4.78 is 0. The highest BCUT2D eigenvalue weighted by Gasteiger charge is 2.02.